The zero-order chi connectivity index (χ0) is 13.1. The third-order valence-electron chi connectivity index (χ3n) is 3.41. The lowest BCUT2D eigenvalue weighted by Gasteiger charge is -2.37. The molecule has 1 saturated heterocycles. The summed E-state index contributed by atoms with van der Waals surface area (Å²) in [6.07, 6.45) is 1.69. The van der Waals surface area contributed by atoms with Crippen LogP contribution < -0.4 is 4.90 Å². The van der Waals surface area contributed by atoms with Crippen LogP contribution in [0, 0.1) is 0 Å². The molecular weight excluding hydrogens is 250 g/mol. The lowest BCUT2D eigenvalue weighted by Crippen LogP contribution is -2.49. The Bertz CT molecular complexity index is 403. The summed E-state index contributed by atoms with van der Waals surface area (Å²) in [5.41, 5.74) is 0.754. The van der Waals surface area contributed by atoms with Gasteiger partial charge in [0.2, 0.25) is 0 Å². The van der Waals surface area contributed by atoms with E-state index in [1.807, 2.05) is 0 Å². The first-order valence-corrected chi connectivity index (χ1v) is 6.74. The van der Waals surface area contributed by atoms with Crippen molar-refractivity contribution in [2.45, 2.75) is 26.5 Å². The van der Waals surface area contributed by atoms with Gasteiger partial charge in [0.1, 0.15) is 5.82 Å². The molecular formula is C13H20ClN3O. The number of rotatable bonds is 3. The highest BCUT2D eigenvalue weighted by molar-refractivity contribution is 6.33. The second-order valence-electron chi connectivity index (χ2n) is 4.92. The van der Waals surface area contributed by atoms with Crippen molar-refractivity contribution in [3.63, 3.8) is 0 Å². The van der Waals surface area contributed by atoms with Gasteiger partial charge < -0.3 is 10.0 Å². The molecule has 1 aliphatic heterocycles. The van der Waals surface area contributed by atoms with Gasteiger partial charge in [0.15, 0.2) is 0 Å². The molecule has 4 nitrogen and oxygen atoms in total. The highest BCUT2D eigenvalue weighted by Crippen LogP contribution is 2.25. The van der Waals surface area contributed by atoms with Crippen molar-refractivity contribution >= 4 is 17.4 Å². The average molecular weight is 270 g/mol. The molecule has 0 aliphatic carbocycles. The van der Waals surface area contributed by atoms with Crippen molar-refractivity contribution in [3.05, 3.63) is 22.8 Å². The molecule has 0 bridgehead atoms. The van der Waals surface area contributed by atoms with E-state index in [-0.39, 0.29) is 6.61 Å². The van der Waals surface area contributed by atoms with E-state index in [0.717, 1.165) is 37.6 Å². The predicted octanol–water partition coefficient (Wildman–Crippen LogP) is 1.76. The SMILES string of the molecule is CC(C)N1CCN(c2ncc(CO)cc2Cl)CC1. The largest absolute Gasteiger partial charge is 0.392 e. The number of aromatic nitrogens is 1. The fourth-order valence-electron chi connectivity index (χ4n) is 2.24. The van der Waals surface area contributed by atoms with Crippen molar-refractivity contribution < 1.29 is 5.11 Å². The number of aliphatic hydroxyl groups excluding tert-OH is 1. The lowest BCUT2D eigenvalue weighted by atomic mass is 10.2. The zero-order valence-electron chi connectivity index (χ0n) is 10.9. The smallest absolute Gasteiger partial charge is 0.147 e. The first-order chi connectivity index (χ1) is 8.61. The number of hydrogen-bond acceptors (Lipinski definition) is 4. The molecule has 1 aromatic heterocycles. The van der Waals surface area contributed by atoms with Crippen LogP contribution in [0.25, 0.3) is 0 Å². The summed E-state index contributed by atoms with van der Waals surface area (Å²) in [6, 6.07) is 2.38. The number of nitrogens with zero attached hydrogens (tertiary/aromatic N) is 3. The van der Waals surface area contributed by atoms with Gasteiger partial charge in [-0.1, -0.05) is 11.6 Å². The number of piperazine rings is 1. The maximum atomic E-state index is 9.04. The van der Waals surface area contributed by atoms with Crippen LogP contribution in [0.2, 0.25) is 5.02 Å². The molecule has 1 aromatic rings. The summed E-state index contributed by atoms with van der Waals surface area (Å²) in [7, 11) is 0. The highest BCUT2D eigenvalue weighted by atomic mass is 35.5. The number of pyridine rings is 1. The number of aliphatic hydroxyl groups is 1. The first kappa shape index (κ1) is 13.6. The van der Waals surface area contributed by atoms with Gasteiger partial charge in [-0.2, -0.15) is 0 Å². The summed E-state index contributed by atoms with van der Waals surface area (Å²) < 4.78 is 0. The quantitative estimate of drug-likeness (QED) is 0.908. The van der Waals surface area contributed by atoms with Gasteiger partial charge in [-0.15, -0.1) is 0 Å². The first-order valence-electron chi connectivity index (χ1n) is 6.36. The van der Waals surface area contributed by atoms with Crippen LogP contribution in [0.5, 0.6) is 0 Å². The highest BCUT2D eigenvalue weighted by Gasteiger charge is 2.21. The predicted molar refractivity (Wildman–Crippen MR) is 74.1 cm³/mol. The molecule has 5 heteroatoms. The second-order valence-corrected chi connectivity index (χ2v) is 5.33. The monoisotopic (exact) mass is 269 g/mol. The summed E-state index contributed by atoms with van der Waals surface area (Å²) in [4.78, 5) is 9.02. The topological polar surface area (TPSA) is 39.6 Å². The van der Waals surface area contributed by atoms with Gasteiger partial charge in [-0.25, -0.2) is 4.98 Å². The molecule has 100 valence electrons. The van der Waals surface area contributed by atoms with Crippen LogP contribution in [0.1, 0.15) is 19.4 Å². The van der Waals surface area contributed by atoms with Gasteiger partial charge in [-0.3, -0.25) is 4.90 Å². The Kier molecular flexibility index (Phi) is 4.43. The standard InChI is InChI=1S/C13H20ClN3O/c1-10(2)16-3-5-17(6-4-16)13-12(14)7-11(9-18)8-15-13/h7-8,10,18H,3-6,9H2,1-2H3. The second kappa shape index (κ2) is 5.87. The van der Waals surface area contributed by atoms with Crippen molar-refractivity contribution in [1.82, 2.24) is 9.88 Å². The van der Waals surface area contributed by atoms with Gasteiger partial charge in [-0.05, 0) is 25.5 Å². The number of anilines is 1. The van der Waals surface area contributed by atoms with Gasteiger partial charge >= 0.3 is 0 Å². The molecule has 2 heterocycles. The third kappa shape index (κ3) is 2.94. The van der Waals surface area contributed by atoms with Crippen LogP contribution >= 0.6 is 11.6 Å². The molecule has 0 spiro atoms. The molecule has 1 aliphatic rings. The van der Waals surface area contributed by atoms with Crippen molar-refractivity contribution in [2.75, 3.05) is 31.1 Å². The van der Waals surface area contributed by atoms with E-state index in [9.17, 15) is 0 Å². The van der Waals surface area contributed by atoms with Crippen LogP contribution in [-0.4, -0.2) is 47.2 Å². The van der Waals surface area contributed by atoms with E-state index < -0.39 is 0 Å². The molecule has 1 fully saturated rings. The van der Waals surface area contributed by atoms with Crippen LogP contribution in [0.4, 0.5) is 5.82 Å². The Morgan fingerprint density at radius 1 is 1.33 bits per heavy atom. The molecule has 0 aromatic carbocycles. The van der Waals surface area contributed by atoms with Crippen molar-refractivity contribution in [1.29, 1.82) is 0 Å². The molecule has 0 unspecified atom stereocenters. The summed E-state index contributed by atoms with van der Waals surface area (Å²) in [5.74, 6) is 0.831. The van der Waals surface area contributed by atoms with Gasteiger partial charge in [0.05, 0.1) is 11.6 Å². The summed E-state index contributed by atoms with van der Waals surface area (Å²) >= 11 is 6.21. The molecule has 1 N–H and O–H groups in total. The average Bonchev–Trinajstić information content (AvgIpc) is 2.38. The molecule has 0 radical (unpaired) electrons. The van der Waals surface area contributed by atoms with Crippen LogP contribution in [0.3, 0.4) is 0 Å². The van der Waals surface area contributed by atoms with E-state index in [1.165, 1.54) is 0 Å². The van der Waals surface area contributed by atoms with Crippen LogP contribution in [-0.2, 0) is 6.61 Å². The minimum atomic E-state index is -0.0197. The van der Waals surface area contributed by atoms with E-state index >= 15 is 0 Å². The number of hydrogen-bond donors (Lipinski definition) is 1. The zero-order valence-corrected chi connectivity index (χ0v) is 11.7. The van der Waals surface area contributed by atoms with Crippen LogP contribution in [0.15, 0.2) is 12.3 Å². The summed E-state index contributed by atoms with van der Waals surface area (Å²) in [5, 5.41) is 9.66. The Hall–Kier alpha value is -0.840. The van der Waals surface area contributed by atoms with E-state index in [0.29, 0.717) is 11.1 Å². The molecule has 0 atom stereocenters. The maximum absolute atomic E-state index is 9.04. The van der Waals surface area contributed by atoms with E-state index in [2.05, 4.69) is 28.6 Å². The Morgan fingerprint density at radius 3 is 2.50 bits per heavy atom. The molecule has 0 amide bonds. The fraction of sp³-hybridized carbons (Fsp3) is 0.615. The maximum Gasteiger partial charge on any atom is 0.147 e. The Balaban J connectivity index is 2.05. The molecule has 0 saturated carbocycles. The minimum Gasteiger partial charge on any atom is -0.392 e. The fourth-order valence-corrected chi connectivity index (χ4v) is 2.55. The van der Waals surface area contributed by atoms with Crippen molar-refractivity contribution in [3.8, 4) is 0 Å². The summed E-state index contributed by atoms with van der Waals surface area (Å²) in [6.45, 7) is 8.39. The Labute approximate surface area is 113 Å². The third-order valence-corrected chi connectivity index (χ3v) is 3.68. The normalized spacial score (nSPS) is 17.5. The Morgan fingerprint density at radius 2 is 2.00 bits per heavy atom. The van der Waals surface area contributed by atoms with Gasteiger partial charge in [0.25, 0.3) is 0 Å². The molecule has 18 heavy (non-hydrogen) atoms. The minimum absolute atomic E-state index is 0.0197. The van der Waals surface area contributed by atoms with E-state index in [4.69, 9.17) is 16.7 Å². The molecule has 2 rings (SSSR count). The van der Waals surface area contributed by atoms with Gasteiger partial charge in [0, 0.05) is 38.4 Å². The lowest BCUT2D eigenvalue weighted by molar-refractivity contribution is 0.209. The van der Waals surface area contributed by atoms with E-state index in [1.54, 1.807) is 12.3 Å². The van der Waals surface area contributed by atoms with Crippen molar-refractivity contribution in [2.24, 2.45) is 0 Å². The number of halogens is 1.